The minimum atomic E-state index is 0.393. The Morgan fingerprint density at radius 3 is 3.20 bits per heavy atom. The van der Waals surface area contributed by atoms with Crippen LogP contribution in [0.3, 0.4) is 0 Å². The molecule has 0 spiro atoms. The predicted molar refractivity (Wildman–Crippen MR) is 60.5 cm³/mol. The van der Waals surface area contributed by atoms with E-state index in [0.29, 0.717) is 12.5 Å². The fourth-order valence-electron chi connectivity index (χ4n) is 2.05. The Bertz CT molecular complexity index is 324. The third-order valence-electron chi connectivity index (χ3n) is 2.82. The van der Waals surface area contributed by atoms with Gasteiger partial charge in [-0.2, -0.15) is 0 Å². The number of oxime groups is 1. The molecule has 0 amide bonds. The lowest BCUT2D eigenvalue weighted by atomic mass is 10.0. The third kappa shape index (κ3) is 2.60. The van der Waals surface area contributed by atoms with Crippen LogP contribution in [0.4, 0.5) is 0 Å². The summed E-state index contributed by atoms with van der Waals surface area (Å²) in [7, 11) is 0. The molecule has 80 valence electrons. The van der Waals surface area contributed by atoms with Gasteiger partial charge in [0, 0.05) is 25.4 Å². The summed E-state index contributed by atoms with van der Waals surface area (Å²) in [6.45, 7) is 7.37. The number of nitrogens with zero attached hydrogens (tertiary/aromatic N) is 2. The molecule has 2 aliphatic heterocycles. The summed E-state index contributed by atoms with van der Waals surface area (Å²) in [6, 6.07) is 0. The van der Waals surface area contributed by atoms with Crippen molar-refractivity contribution in [2.45, 2.75) is 12.8 Å². The first kappa shape index (κ1) is 10.3. The first-order valence-corrected chi connectivity index (χ1v) is 5.38. The molecule has 3 heteroatoms. The second kappa shape index (κ2) is 4.99. The minimum Gasteiger partial charge on any atom is -0.383 e. The highest BCUT2D eigenvalue weighted by atomic mass is 16.6. The van der Waals surface area contributed by atoms with Crippen molar-refractivity contribution in [3.63, 3.8) is 0 Å². The Hall–Kier alpha value is -1.27. The van der Waals surface area contributed by atoms with E-state index in [-0.39, 0.29) is 0 Å². The fraction of sp³-hybridized carbons (Fsp3) is 0.583. The van der Waals surface area contributed by atoms with Crippen molar-refractivity contribution in [2.24, 2.45) is 11.1 Å². The molecule has 2 unspecified atom stereocenters. The van der Waals surface area contributed by atoms with E-state index in [2.05, 4.69) is 28.5 Å². The van der Waals surface area contributed by atoms with Gasteiger partial charge in [-0.3, -0.25) is 4.90 Å². The number of hydrogen-bond donors (Lipinski definition) is 0. The monoisotopic (exact) mass is 204 g/mol. The molecule has 2 rings (SSSR count). The number of fused-ring (bicyclic) bond motifs is 2. The van der Waals surface area contributed by atoms with Gasteiger partial charge in [0.2, 0.25) is 0 Å². The molecule has 0 aromatic heterocycles. The molecular formula is C12H16N2O. The molecule has 2 saturated heterocycles. The molecule has 2 heterocycles. The van der Waals surface area contributed by atoms with Gasteiger partial charge in [0.1, 0.15) is 0 Å². The minimum absolute atomic E-state index is 0.393. The van der Waals surface area contributed by atoms with Gasteiger partial charge in [-0.1, -0.05) is 23.1 Å². The molecule has 0 saturated carbocycles. The van der Waals surface area contributed by atoms with Crippen LogP contribution in [-0.2, 0) is 4.84 Å². The summed E-state index contributed by atoms with van der Waals surface area (Å²) < 4.78 is 0. The van der Waals surface area contributed by atoms with E-state index < -0.39 is 0 Å². The van der Waals surface area contributed by atoms with Crippen LogP contribution in [0, 0.1) is 17.8 Å². The van der Waals surface area contributed by atoms with E-state index in [1.807, 2.05) is 0 Å². The first-order chi connectivity index (χ1) is 7.40. The largest absolute Gasteiger partial charge is 0.383 e. The van der Waals surface area contributed by atoms with Gasteiger partial charge in [0.15, 0.2) is 6.61 Å². The van der Waals surface area contributed by atoms with Crippen LogP contribution < -0.4 is 0 Å². The fourth-order valence-corrected chi connectivity index (χ4v) is 2.05. The van der Waals surface area contributed by atoms with E-state index >= 15 is 0 Å². The first-order valence-electron chi connectivity index (χ1n) is 5.38. The van der Waals surface area contributed by atoms with Gasteiger partial charge in [-0.25, -0.2) is 0 Å². The number of rotatable bonds is 3. The molecule has 2 bridgehead atoms. The summed E-state index contributed by atoms with van der Waals surface area (Å²) in [5, 5.41) is 4.15. The molecular weight excluding hydrogens is 188 g/mol. The van der Waals surface area contributed by atoms with Crippen LogP contribution in [0.1, 0.15) is 12.8 Å². The summed E-state index contributed by atoms with van der Waals surface area (Å²) in [5.74, 6) is 6.46. The topological polar surface area (TPSA) is 24.8 Å². The molecule has 0 radical (unpaired) electrons. The Kier molecular flexibility index (Phi) is 3.41. The molecule has 0 aromatic rings. The molecule has 0 aliphatic carbocycles. The van der Waals surface area contributed by atoms with E-state index in [1.165, 1.54) is 25.2 Å². The predicted octanol–water partition coefficient (Wildman–Crippen LogP) is 1.27. The lowest BCUT2D eigenvalue weighted by Gasteiger charge is -2.12. The zero-order chi connectivity index (χ0) is 10.5. The Morgan fingerprint density at radius 2 is 2.53 bits per heavy atom. The molecule has 3 nitrogen and oxygen atoms in total. The second-order valence-electron chi connectivity index (χ2n) is 3.92. The van der Waals surface area contributed by atoms with E-state index in [9.17, 15) is 0 Å². The molecule has 15 heavy (non-hydrogen) atoms. The van der Waals surface area contributed by atoms with Crippen molar-refractivity contribution in [2.75, 3.05) is 26.2 Å². The summed E-state index contributed by atoms with van der Waals surface area (Å²) in [5.41, 5.74) is 1.20. The van der Waals surface area contributed by atoms with Crippen molar-refractivity contribution in [1.29, 1.82) is 0 Å². The highest BCUT2D eigenvalue weighted by Crippen LogP contribution is 2.25. The maximum absolute atomic E-state index is 5.17. The van der Waals surface area contributed by atoms with Gasteiger partial charge < -0.3 is 4.84 Å². The summed E-state index contributed by atoms with van der Waals surface area (Å²) >= 11 is 0. The molecule has 0 N–H and O–H groups in total. The van der Waals surface area contributed by atoms with E-state index in [0.717, 1.165) is 13.0 Å². The van der Waals surface area contributed by atoms with Gasteiger partial charge in [-0.15, -0.1) is 6.58 Å². The SMILES string of the molecule is C=CCC#CCO/N=C1\CN2CCC1C2. The van der Waals surface area contributed by atoms with Gasteiger partial charge >= 0.3 is 0 Å². The van der Waals surface area contributed by atoms with E-state index in [1.54, 1.807) is 6.08 Å². The van der Waals surface area contributed by atoms with Crippen LogP contribution >= 0.6 is 0 Å². The highest BCUT2D eigenvalue weighted by molar-refractivity contribution is 5.91. The van der Waals surface area contributed by atoms with Crippen molar-refractivity contribution in [3.8, 4) is 11.8 Å². The maximum atomic E-state index is 5.17. The smallest absolute Gasteiger partial charge is 0.177 e. The van der Waals surface area contributed by atoms with Crippen LogP contribution in [0.5, 0.6) is 0 Å². The lowest BCUT2D eigenvalue weighted by Crippen LogP contribution is -2.23. The molecule has 2 aliphatic rings. The van der Waals surface area contributed by atoms with Crippen molar-refractivity contribution in [3.05, 3.63) is 12.7 Å². The van der Waals surface area contributed by atoms with Gasteiger partial charge in [-0.05, 0) is 13.0 Å². The zero-order valence-electron chi connectivity index (χ0n) is 8.91. The third-order valence-corrected chi connectivity index (χ3v) is 2.82. The second-order valence-corrected chi connectivity index (χ2v) is 3.92. The zero-order valence-corrected chi connectivity index (χ0v) is 8.91. The van der Waals surface area contributed by atoms with Crippen molar-refractivity contribution in [1.82, 2.24) is 4.90 Å². The Labute approximate surface area is 90.8 Å². The molecule has 2 fully saturated rings. The maximum Gasteiger partial charge on any atom is 0.177 e. The average molecular weight is 204 g/mol. The summed E-state index contributed by atoms with van der Waals surface area (Å²) in [4.78, 5) is 7.58. The highest BCUT2D eigenvalue weighted by Gasteiger charge is 2.35. The number of allylic oxidation sites excluding steroid dienone is 1. The van der Waals surface area contributed by atoms with Crippen LogP contribution in [0.25, 0.3) is 0 Å². The van der Waals surface area contributed by atoms with Crippen molar-refractivity contribution < 1.29 is 4.84 Å². The van der Waals surface area contributed by atoms with Crippen LogP contribution in [-0.4, -0.2) is 36.9 Å². The number of hydrogen-bond acceptors (Lipinski definition) is 3. The van der Waals surface area contributed by atoms with E-state index in [4.69, 9.17) is 4.84 Å². The van der Waals surface area contributed by atoms with Crippen LogP contribution in [0.2, 0.25) is 0 Å². The Morgan fingerprint density at radius 1 is 1.60 bits per heavy atom. The summed E-state index contributed by atoms with van der Waals surface area (Å²) in [6.07, 6.45) is 3.74. The van der Waals surface area contributed by atoms with Crippen molar-refractivity contribution >= 4 is 5.71 Å². The Balaban J connectivity index is 1.71. The normalized spacial score (nSPS) is 30.0. The standard InChI is InChI=1S/C12H16N2O/c1-2-3-4-5-8-15-13-12-10-14-7-6-11(12)9-14/h2,11H,1,3,6-10H2/b13-12+. The molecule has 0 aromatic carbocycles. The van der Waals surface area contributed by atoms with Gasteiger partial charge in [0.25, 0.3) is 0 Å². The van der Waals surface area contributed by atoms with Gasteiger partial charge in [0.05, 0.1) is 5.71 Å². The quantitative estimate of drug-likeness (QED) is 0.299. The number of piperidine rings is 1. The molecule has 2 atom stereocenters. The van der Waals surface area contributed by atoms with Crippen LogP contribution in [0.15, 0.2) is 17.8 Å². The lowest BCUT2D eigenvalue weighted by molar-refractivity contribution is 0.177. The average Bonchev–Trinajstić information content (AvgIpc) is 2.85.